The van der Waals surface area contributed by atoms with Crippen molar-refractivity contribution in [2.24, 2.45) is 17.8 Å². The van der Waals surface area contributed by atoms with E-state index in [1.807, 2.05) is 14.1 Å². The van der Waals surface area contributed by atoms with Crippen molar-refractivity contribution >= 4 is 11.9 Å². The zero-order chi connectivity index (χ0) is 15.1. The number of hydrogen-bond donors (Lipinski definition) is 2. The zero-order valence-electron chi connectivity index (χ0n) is 12.9. The molecule has 0 radical (unpaired) electrons. The minimum atomic E-state index is -0.825. The van der Waals surface area contributed by atoms with E-state index < -0.39 is 11.9 Å². The fourth-order valence-corrected chi connectivity index (χ4v) is 2.93. The van der Waals surface area contributed by atoms with Gasteiger partial charge in [-0.25, -0.2) is 0 Å². The van der Waals surface area contributed by atoms with E-state index in [0.29, 0.717) is 18.9 Å². The van der Waals surface area contributed by atoms with E-state index in [0.717, 1.165) is 32.2 Å². The number of nitrogens with zero attached hydrogens (tertiary/aromatic N) is 1. The Morgan fingerprint density at radius 1 is 1.20 bits per heavy atom. The number of hydrogen-bond acceptors (Lipinski definition) is 3. The standard InChI is InChI=1S/C15H28N2O3/c1-4-11-9-12(13(10-11)15(19)20)14(18)16-7-5-6-8-17(2)3/h11-13H,4-10H2,1-3H3,(H,16,18)(H,19,20)/t11?,12-,13+/m0/s1. The molecule has 116 valence electrons. The van der Waals surface area contributed by atoms with Crippen LogP contribution >= 0.6 is 0 Å². The van der Waals surface area contributed by atoms with Crippen LogP contribution in [0.2, 0.25) is 0 Å². The first-order valence-electron chi connectivity index (χ1n) is 7.61. The Hall–Kier alpha value is -1.10. The van der Waals surface area contributed by atoms with Gasteiger partial charge in [0.15, 0.2) is 0 Å². The summed E-state index contributed by atoms with van der Waals surface area (Å²) in [5.41, 5.74) is 0. The molecule has 0 aromatic heterocycles. The van der Waals surface area contributed by atoms with Crippen molar-refractivity contribution in [3.05, 3.63) is 0 Å². The van der Waals surface area contributed by atoms with Crippen LogP contribution in [-0.2, 0) is 9.59 Å². The summed E-state index contributed by atoms with van der Waals surface area (Å²) in [6, 6.07) is 0. The lowest BCUT2D eigenvalue weighted by molar-refractivity contribution is -0.146. The van der Waals surface area contributed by atoms with Crippen LogP contribution < -0.4 is 5.32 Å². The van der Waals surface area contributed by atoms with Gasteiger partial charge in [0.25, 0.3) is 0 Å². The Kier molecular flexibility index (Phi) is 6.99. The Balaban J connectivity index is 2.35. The summed E-state index contributed by atoms with van der Waals surface area (Å²) < 4.78 is 0. The van der Waals surface area contributed by atoms with Crippen LogP contribution in [0.4, 0.5) is 0 Å². The Bertz CT molecular complexity index is 331. The third kappa shape index (κ3) is 5.12. The summed E-state index contributed by atoms with van der Waals surface area (Å²) in [5.74, 6) is -1.36. The molecule has 1 rings (SSSR count). The van der Waals surface area contributed by atoms with E-state index in [1.165, 1.54) is 0 Å². The summed E-state index contributed by atoms with van der Waals surface area (Å²) in [6.45, 7) is 3.71. The predicted molar refractivity (Wildman–Crippen MR) is 78.4 cm³/mol. The molecule has 0 heterocycles. The highest BCUT2D eigenvalue weighted by Gasteiger charge is 2.41. The number of amides is 1. The molecule has 0 saturated heterocycles. The molecule has 20 heavy (non-hydrogen) atoms. The SMILES string of the molecule is CCC1C[C@H](C(=O)NCCCCN(C)C)[C@H](C(=O)O)C1. The first-order chi connectivity index (χ1) is 9.45. The molecule has 0 aromatic rings. The lowest BCUT2D eigenvalue weighted by Crippen LogP contribution is -2.35. The highest BCUT2D eigenvalue weighted by atomic mass is 16.4. The number of unbranched alkanes of at least 4 members (excludes halogenated alkanes) is 1. The van der Waals surface area contributed by atoms with Crippen molar-refractivity contribution in [1.82, 2.24) is 10.2 Å². The predicted octanol–water partition coefficient (Wildman–Crippen LogP) is 1.58. The van der Waals surface area contributed by atoms with Gasteiger partial charge in [-0.1, -0.05) is 13.3 Å². The molecule has 1 aliphatic carbocycles. The van der Waals surface area contributed by atoms with Gasteiger partial charge in [-0.3, -0.25) is 9.59 Å². The van der Waals surface area contributed by atoms with Crippen LogP contribution in [0.3, 0.4) is 0 Å². The number of carboxylic acids is 1. The lowest BCUT2D eigenvalue weighted by atomic mass is 9.95. The van der Waals surface area contributed by atoms with Crippen molar-refractivity contribution in [1.29, 1.82) is 0 Å². The van der Waals surface area contributed by atoms with Crippen molar-refractivity contribution in [2.75, 3.05) is 27.2 Å². The third-order valence-corrected chi connectivity index (χ3v) is 4.22. The van der Waals surface area contributed by atoms with E-state index in [2.05, 4.69) is 17.1 Å². The molecule has 3 atom stereocenters. The van der Waals surface area contributed by atoms with E-state index in [9.17, 15) is 14.7 Å². The van der Waals surface area contributed by atoms with Gasteiger partial charge in [0.1, 0.15) is 0 Å². The van der Waals surface area contributed by atoms with Crippen LogP contribution in [0.1, 0.15) is 39.0 Å². The fraction of sp³-hybridized carbons (Fsp3) is 0.867. The molecule has 0 bridgehead atoms. The zero-order valence-corrected chi connectivity index (χ0v) is 12.9. The molecule has 1 aliphatic rings. The topological polar surface area (TPSA) is 69.6 Å². The normalized spacial score (nSPS) is 25.9. The average molecular weight is 284 g/mol. The van der Waals surface area contributed by atoms with E-state index in [4.69, 9.17) is 0 Å². The van der Waals surface area contributed by atoms with Crippen molar-refractivity contribution in [2.45, 2.75) is 39.0 Å². The second-order valence-corrected chi connectivity index (χ2v) is 6.10. The molecule has 1 fully saturated rings. The van der Waals surface area contributed by atoms with Gasteiger partial charge < -0.3 is 15.3 Å². The maximum Gasteiger partial charge on any atom is 0.307 e. The number of carbonyl (C=O) groups is 2. The minimum absolute atomic E-state index is 0.0711. The van der Waals surface area contributed by atoms with Crippen molar-refractivity contribution < 1.29 is 14.7 Å². The van der Waals surface area contributed by atoms with Crippen LogP contribution in [-0.4, -0.2) is 49.1 Å². The molecule has 0 aromatic carbocycles. The molecule has 1 saturated carbocycles. The fourth-order valence-electron chi connectivity index (χ4n) is 2.93. The van der Waals surface area contributed by atoms with Crippen molar-refractivity contribution in [3.8, 4) is 0 Å². The lowest BCUT2D eigenvalue weighted by Gasteiger charge is -2.16. The summed E-state index contributed by atoms with van der Waals surface area (Å²) >= 11 is 0. The van der Waals surface area contributed by atoms with Gasteiger partial charge in [0.05, 0.1) is 11.8 Å². The Morgan fingerprint density at radius 3 is 2.40 bits per heavy atom. The van der Waals surface area contributed by atoms with Crippen LogP contribution in [0.15, 0.2) is 0 Å². The molecular formula is C15H28N2O3. The van der Waals surface area contributed by atoms with E-state index >= 15 is 0 Å². The van der Waals surface area contributed by atoms with Gasteiger partial charge in [0.2, 0.25) is 5.91 Å². The first kappa shape index (κ1) is 17.0. The number of carboxylic acid groups (broad SMARTS) is 1. The number of aliphatic carboxylic acids is 1. The molecule has 5 heteroatoms. The van der Waals surface area contributed by atoms with Gasteiger partial charge >= 0.3 is 5.97 Å². The molecule has 1 unspecified atom stereocenters. The second kappa shape index (κ2) is 8.25. The summed E-state index contributed by atoms with van der Waals surface area (Å²) in [5, 5.41) is 12.1. The van der Waals surface area contributed by atoms with Gasteiger partial charge in [-0.2, -0.15) is 0 Å². The number of carbonyl (C=O) groups excluding carboxylic acids is 1. The molecular weight excluding hydrogens is 256 g/mol. The van der Waals surface area contributed by atoms with Crippen LogP contribution in [0.25, 0.3) is 0 Å². The van der Waals surface area contributed by atoms with Gasteiger partial charge in [-0.05, 0) is 52.2 Å². The quantitative estimate of drug-likeness (QED) is 0.664. The minimum Gasteiger partial charge on any atom is -0.481 e. The molecule has 5 nitrogen and oxygen atoms in total. The van der Waals surface area contributed by atoms with Gasteiger partial charge in [-0.15, -0.1) is 0 Å². The third-order valence-electron chi connectivity index (χ3n) is 4.22. The highest BCUT2D eigenvalue weighted by molar-refractivity contribution is 5.85. The highest BCUT2D eigenvalue weighted by Crippen LogP contribution is 2.38. The van der Waals surface area contributed by atoms with E-state index in [-0.39, 0.29) is 11.8 Å². The molecule has 2 N–H and O–H groups in total. The number of nitrogens with one attached hydrogen (secondary N) is 1. The number of rotatable bonds is 8. The largest absolute Gasteiger partial charge is 0.481 e. The monoisotopic (exact) mass is 284 g/mol. The first-order valence-corrected chi connectivity index (χ1v) is 7.61. The summed E-state index contributed by atoms with van der Waals surface area (Å²) in [4.78, 5) is 25.5. The van der Waals surface area contributed by atoms with E-state index in [1.54, 1.807) is 0 Å². The maximum atomic E-state index is 12.1. The van der Waals surface area contributed by atoms with Crippen LogP contribution in [0, 0.1) is 17.8 Å². The summed E-state index contributed by atoms with van der Waals surface area (Å²) in [7, 11) is 4.05. The summed E-state index contributed by atoms with van der Waals surface area (Å²) in [6.07, 6.45) is 4.29. The smallest absolute Gasteiger partial charge is 0.307 e. The molecule has 0 aliphatic heterocycles. The van der Waals surface area contributed by atoms with Crippen molar-refractivity contribution in [3.63, 3.8) is 0 Å². The van der Waals surface area contributed by atoms with Gasteiger partial charge in [0, 0.05) is 6.54 Å². The average Bonchev–Trinajstić information content (AvgIpc) is 2.82. The van der Waals surface area contributed by atoms with Crippen LogP contribution in [0.5, 0.6) is 0 Å². The Morgan fingerprint density at radius 2 is 1.85 bits per heavy atom. The Labute approximate surface area is 121 Å². The molecule has 1 amide bonds. The second-order valence-electron chi connectivity index (χ2n) is 6.10. The molecule has 0 spiro atoms. The maximum absolute atomic E-state index is 12.1.